The molecule has 0 N–H and O–H groups in total. The molecule has 1 unspecified atom stereocenters. The minimum absolute atomic E-state index is 0.195. The normalized spacial score (nSPS) is 12.4. The van der Waals surface area contributed by atoms with Gasteiger partial charge < -0.3 is 0 Å². The van der Waals surface area contributed by atoms with E-state index in [1.54, 1.807) is 12.1 Å². The third kappa shape index (κ3) is 3.30. The van der Waals surface area contributed by atoms with Crippen molar-refractivity contribution in [1.29, 1.82) is 0 Å². The Morgan fingerprint density at radius 1 is 1.06 bits per heavy atom. The maximum atomic E-state index is 13.6. The highest BCUT2D eigenvalue weighted by atomic mass is 79.9. The summed E-state index contributed by atoms with van der Waals surface area (Å²) in [5, 5.41) is 0.665. The monoisotopic (exact) mass is 330 g/mol. The maximum Gasteiger partial charge on any atom is 0.130 e. The van der Waals surface area contributed by atoms with Crippen molar-refractivity contribution < 1.29 is 8.78 Å². The molecular formula is C14H10BrClF2. The molecule has 4 heteroatoms. The smallest absolute Gasteiger partial charge is 0.130 e. The van der Waals surface area contributed by atoms with Crippen LogP contribution in [0.5, 0.6) is 0 Å². The van der Waals surface area contributed by atoms with Gasteiger partial charge in [0.05, 0.1) is 0 Å². The van der Waals surface area contributed by atoms with E-state index in [1.807, 2.05) is 12.1 Å². The average molecular weight is 332 g/mol. The van der Waals surface area contributed by atoms with Gasteiger partial charge in [-0.05, 0) is 30.2 Å². The van der Waals surface area contributed by atoms with Crippen molar-refractivity contribution in [1.82, 2.24) is 0 Å². The fourth-order valence-corrected chi connectivity index (χ4v) is 2.56. The standard InChI is InChI=1S/C14H10BrClF2/c15-13(7-9-1-3-10(16)4-2-9)12-6-5-11(17)8-14(12)18/h1-6,8,13H,7H2. The lowest BCUT2D eigenvalue weighted by atomic mass is 10.0. The molecule has 0 heterocycles. The molecule has 18 heavy (non-hydrogen) atoms. The molecule has 2 aromatic rings. The summed E-state index contributed by atoms with van der Waals surface area (Å²) in [5.41, 5.74) is 1.48. The number of rotatable bonds is 3. The van der Waals surface area contributed by atoms with Gasteiger partial charge in [-0.3, -0.25) is 0 Å². The van der Waals surface area contributed by atoms with Gasteiger partial charge in [0.15, 0.2) is 0 Å². The molecule has 2 aromatic carbocycles. The van der Waals surface area contributed by atoms with Crippen LogP contribution in [0.4, 0.5) is 8.78 Å². The van der Waals surface area contributed by atoms with Crippen molar-refractivity contribution >= 4 is 27.5 Å². The summed E-state index contributed by atoms with van der Waals surface area (Å²) >= 11 is 9.22. The Morgan fingerprint density at radius 2 is 1.72 bits per heavy atom. The van der Waals surface area contributed by atoms with E-state index in [2.05, 4.69) is 15.9 Å². The molecule has 0 aliphatic heterocycles. The second-order valence-corrected chi connectivity index (χ2v) is 5.51. The van der Waals surface area contributed by atoms with Crippen LogP contribution in [0.15, 0.2) is 42.5 Å². The number of halogens is 4. The van der Waals surface area contributed by atoms with Gasteiger partial charge in [0.2, 0.25) is 0 Å². The van der Waals surface area contributed by atoms with Gasteiger partial charge in [-0.15, -0.1) is 0 Å². The fourth-order valence-electron chi connectivity index (χ4n) is 1.69. The van der Waals surface area contributed by atoms with Crippen LogP contribution in [0.25, 0.3) is 0 Å². The first-order valence-corrected chi connectivity index (χ1v) is 6.69. The molecule has 0 bridgehead atoms. The van der Waals surface area contributed by atoms with Gasteiger partial charge in [0, 0.05) is 21.5 Å². The number of hydrogen-bond acceptors (Lipinski definition) is 0. The molecule has 0 fully saturated rings. The van der Waals surface area contributed by atoms with Crippen molar-refractivity contribution in [2.75, 3.05) is 0 Å². The van der Waals surface area contributed by atoms with E-state index in [4.69, 9.17) is 11.6 Å². The SMILES string of the molecule is Fc1ccc(C(Br)Cc2ccc(Cl)cc2)c(F)c1. The predicted molar refractivity (Wildman–Crippen MR) is 73.2 cm³/mol. The van der Waals surface area contributed by atoms with Crippen LogP contribution < -0.4 is 0 Å². The molecule has 0 radical (unpaired) electrons. The summed E-state index contributed by atoms with van der Waals surface area (Å²) in [6.07, 6.45) is 0.611. The molecule has 0 aliphatic rings. The lowest BCUT2D eigenvalue weighted by Crippen LogP contribution is -1.99. The highest BCUT2D eigenvalue weighted by Gasteiger charge is 2.13. The van der Waals surface area contributed by atoms with Gasteiger partial charge in [0.1, 0.15) is 11.6 Å². The maximum absolute atomic E-state index is 13.6. The molecule has 0 spiro atoms. The zero-order valence-electron chi connectivity index (χ0n) is 9.34. The van der Waals surface area contributed by atoms with Gasteiger partial charge >= 0.3 is 0 Å². The molecule has 0 nitrogen and oxygen atoms in total. The minimum Gasteiger partial charge on any atom is -0.207 e. The average Bonchev–Trinajstić information content (AvgIpc) is 2.32. The van der Waals surface area contributed by atoms with Gasteiger partial charge in [0.25, 0.3) is 0 Å². The van der Waals surface area contributed by atoms with Gasteiger partial charge in [-0.2, -0.15) is 0 Å². The topological polar surface area (TPSA) is 0 Å². The fraction of sp³-hybridized carbons (Fsp3) is 0.143. The summed E-state index contributed by atoms with van der Waals surface area (Å²) in [4.78, 5) is -0.195. The summed E-state index contributed by atoms with van der Waals surface area (Å²) < 4.78 is 26.4. The van der Waals surface area contributed by atoms with E-state index >= 15 is 0 Å². The van der Waals surface area contributed by atoms with Crippen LogP contribution in [-0.4, -0.2) is 0 Å². The molecule has 0 aliphatic carbocycles. The third-order valence-electron chi connectivity index (χ3n) is 2.63. The van der Waals surface area contributed by atoms with Crippen LogP contribution >= 0.6 is 27.5 Å². The largest absolute Gasteiger partial charge is 0.207 e. The highest BCUT2D eigenvalue weighted by molar-refractivity contribution is 9.09. The Morgan fingerprint density at radius 3 is 2.33 bits per heavy atom. The Labute approximate surface area is 118 Å². The molecule has 0 amide bonds. The first-order chi connectivity index (χ1) is 8.56. The lowest BCUT2D eigenvalue weighted by molar-refractivity contribution is 0.571. The first kappa shape index (κ1) is 13.5. The van der Waals surface area contributed by atoms with E-state index in [0.29, 0.717) is 17.0 Å². The van der Waals surface area contributed by atoms with E-state index in [1.165, 1.54) is 12.1 Å². The number of hydrogen-bond donors (Lipinski definition) is 0. The second-order valence-electron chi connectivity index (χ2n) is 3.96. The molecule has 94 valence electrons. The lowest BCUT2D eigenvalue weighted by Gasteiger charge is -2.11. The zero-order chi connectivity index (χ0) is 13.1. The quantitative estimate of drug-likeness (QED) is 0.670. The van der Waals surface area contributed by atoms with Crippen LogP contribution in [0.2, 0.25) is 5.02 Å². The molecule has 1 atom stereocenters. The van der Waals surface area contributed by atoms with Gasteiger partial charge in [-0.1, -0.05) is 45.7 Å². The van der Waals surface area contributed by atoms with Crippen molar-refractivity contribution in [3.63, 3.8) is 0 Å². The molecule has 2 rings (SSSR count). The van der Waals surface area contributed by atoms with Crippen molar-refractivity contribution in [2.24, 2.45) is 0 Å². The number of alkyl halides is 1. The molecule has 0 saturated carbocycles. The summed E-state index contributed by atoms with van der Waals surface area (Å²) in [7, 11) is 0. The number of benzene rings is 2. The van der Waals surface area contributed by atoms with E-state index in [0.717, 1.165) is 11.6 Å². The van der Waals surface area contributed by atoms with E-state index < -0.39 is 11.6 Å². The Balaban J connectivity index is 2.16. The molecule has 0 aromatic heterocycles. The molecular weight excluding hydrogens is 322 g/mol. The van der Waals surface area contributed by atoms with Crippen molar-refractivity contribution in [3.8, 4) is 0 Å². The third-order valence-corrected chi connectivity index (χ3v) is 3.70. The van der Waals surface area contributed by atoms with Crippen molar-refractivity contribution in [2.45, 2.75) is 11.2 Å². The van der Waals surface area contributed by atoms with E-state index in [9.17, 15) is 8.78 Å². The second kappa shape index (κ2) is 5.81. The Hall–Kier alpha value is -0.930. The predicted octanol–water partition coefficient (Wildman–Crippen LogP) is 5.30. The van der Waals surface area contributed by atoms with Crippen LogP contribution in [0, 0.1) is 11.6 Å². The summed E-state index contributed by atoms with van der Waals surface area (Å²) in [5.74, 6) is -1.10. The van der Waals surface area contributed by atoms with Gasteiger partial charge in [-0.25, -0.2) is 8.78 Å². The molecule has 0 saturated heterocycles. The minimum atomic E-state index is -0.567. The summed E-state index contributed by atoms with van der Waals surface area (Å²) in [6.45, 7) is 0. The Bertz CT molecular complexity index is 540. The van der Waals surface area contributed by atoms with Crippen LogP contribution in [-0.2, 0) is 6.42 Å². The Kier molecular flexibility index (Phi) is 4.36. The highest BCUT2D eigenvalue weighted by Crippen LogP contribution is 2.29. The summed E-state index contributed by atoms with van der Waals surface area (Å²) in [6, 6.07) is 11.0. The first-order valence-electron chi connectivity index (χ1n) is 5.40. The van der Waals surface area contributed by atoms with E-state index in [-0.39, 0.29) is 4.83 Å². The van der Waals surface area contributed by atoms with Crippen molar-refractivity contribution in [3.05, 3.63) is 70.2 Å². The van der Waals surface area contributed by atoms with Crippen LogP contribution in [0.3, 0.4) is 0 Å². The van der Waals surface area contributed by atoms with Crippen LogP contribution in [0.1, 0.15) is 16.0 Å². The zero-order valence-corrected chi connectivity index (χ0v) is 11.7.